The maximum Gasteiger partial charge on any atom is 0.163 e. The molecule has 0 spiro atoms. The maximum atomic E-state index is 9.63. The summed E-state index contributed by atoms with van der Waals surface area (Å²) in [6, 6.07) is 4.91. The number of phenols is 1. The van der Waals surface area contributed by atoms with Crippen molar-refractivity contribution in [2.45, 2.75) is 12.5 Å². The number of rotatable bonds is 3. The van der Waals surface area contributed by atoms with Gasteiger partial charge < -0.3 is 14.9 Å². The zero-order valence-electron chi connectivity index (χ0n) is 7.90. The minimum absolute atomic E-state index is 0.0576. The summed E-state index contributed by atoms with van der Waals surface area (Å²) < 4.78 is 4.90. The first-order valence-corrected chi connectivity index (χ1v) is 4.18. The lowest BCUT2D eigenvalue weighted by Gasteiger charge is -2.12. The normalized spacial score (nSPS) is 11.8. The number of aliphatic hydroxyl groups excluding tert-OH is 1. The number of ether oxygens (including phenoxy) is 1. The number of phenolic OH excluding ortho intramolecular Hbond substituents is 1. The summed E-state index contributed by atoms with van der Waals surface area (Å²) in [5.74, 6) is 2.60. The Morgan fingerprint density at radius 3 is 2.86 bits per heavy atom. The molecule has 0 fully saturated rings. The quantitative estimate of drug-likeness (QED) is 0.713. The van der Waals surface area contributed by atoms with Gasteiger partial charge in [0.1, 0.15) is 0 Å². The van der Waals surface area contributed by atoms with Crippen molar-refractivity contribution in [3.05, 3.63) is 23.8 Å². The Bertz CT molecular complexity index is 352. The average Bonchev–Trinajstić information content (AvgIpc) is 2.18. The molecule has 0 bridgehead atoms. The molecule has 0 aromatic heterocycles. The third kappa shape index (κ3) is 1.98. The molecule has 14 heavy (non-hydrogen) atoms. The first-order chi connectivity index (χ1) is 6.70. The van der Waals surface area contributed by atoms with Gasteiger partial charge in [-0.2, -0.15) is 0 Å². The van der Waals surface area contributed by atoms with Gasteiger partial charge in [0, 0.05) is 12.0 Å². The van der Waals surface area contributed by atoms with E-state index in [4.69, 9.17) is 11.2 Å². The lowest BCUT2D eigenvalue weighted by Crippen LogP contribution is -1.97. The van der Waals surface area contributed by atoms with Crippen LogP contribution in [-0.4, -0.2) is 17.3 Å². The Morgan fingerprint density at radius 1 is 1.57 bits per heavy atom. The first-order valence-electron chi connectivity index (χ1n) is 4.18. The van der Waals surface area contributed by atoms with Gasteiger partial charge in [-0.3, -0.25) is 0 Å². The molecule has 1 atom stereocenters. The van der Waals surface area contributed by atoms with Crippen LogP contribution in [0.25, 0.3) is 0 Å². The van der Waals surface area contributed by atoms with Crippen molar-refractivity contribution in [3.63, 3.8) is 0 Å². The molecule has 1 unspecified atom stereocenters. The fourth-order valence-corrected chi connectivity index (χ4v) is 1.19. The van der Waals surface area contributed by atoms with E-state index in [0.29, 0.717) is 11.3 Å². The molecule has 2 N–H and O–H groups in total. The number of aliphatic hydroxyl groups is 1. The monoisotopic (exact) mass is 192 g/mol. The van der Waals surface area contributed by atoms with E-state index >= 15 is 0 Å². The van der Waals surface area contributed by atoms with Crippen LogP contribution in [0.5, 0.6) is 11.5 Å². The highest BCUT2D eigenvalue weighted by Gasteiger charge is 2.13. The summed E-state index contributed by atoms with van der Waals surface area (Å²) in [5, 5.41) is 19.2. The van der Waals surface area contributed by atoms with E-state index in [0.717, 1.165) is 0 Å². The molecule has 0 heterocycles. The Hall–Kier alpha value is -1.66. The van der Waals surface area contributed by atoms with Gasteiger partial charge in [-0.05, 0) is 6.07 Å². The maximum absolute atomic E-state index is 9.63. The van der Waals surface area contributed by atoms with Crippen molar-refractivity contribution in [2.24, 2.45) is 0 Å². The standard InChI is InChI=1S/C11H12O3/c1-3-5-9(12)8-6-4-7-10(14-2)11(8)13/h1,4,6-7,9,12-13H,5H2,2H3. The summed E-state index contributed by atoms with van der Waals surface area (Å²) in [6.45, 7) is 0. The molecule has 74 valence electrons. The van der Waals surface area contributed by atoms with Crippen LogP contribution in [0.2, 0.25) is 0 Å². The molecule has 3 nitrogen and oxygen atoms in total. The van der Waals surface area contributed by atoms with E-state index in [2.05, 4.69) is 5.92 Å². The van der Waals surface area contributed by atoms with Crippen LogP contribution >= 0.6 is 0 Å². The second kappa shape index (κ2) is 4.54. The van der Waals surface area contributed by atoms with E-state index in [1.807, 2.05) is 0 Å². The van der Waals surface area contributed by atoms with Crippen LogP contribution in [0.1, 0.15) is 18.1 Å². The van der Waals surface area contributed by atoms with Crippen molar-refractivity contribution >= 4 is 0 Å². The molecule has 0 aliphatic heterocycles. The fraction of sp³-hybridized carbons (Fsp3) is 0.273. The van der Waals surface area contributed by atoms with Gasteiger partial charge in [-0.15, -0.1) is 12.3 Å². The van der Waals surface area contributed by atoms with Gasteiger partial charge in [0.05, 0.1) is 13.2 Å². The van der Waals surface area contributed by atoms with Crippen LogP contribution in [0, 0.1) is 12.3 Å². The number of aromatic hydroxyl groups is 1. The number of terminal acetylenes is 1. The van der Waals surface area contributed by atoms with E-state index in [9.17, 15) is 10.2 Å². The highest BCUT2D eigenvalue weighted by atomic mass is 16.5. The predicted molar refractivity (Wildman–Crippen MR) is 53.1 cm³/mol. The molecule has 0 amide bonds. The van der Waals surface area contributed by atoms with Gasteiger partial charge in [0.2, 0.25) is 0 Å². The summed E-state index contributed by atoms with van der Waals surface area (Å²) in [5.41, 5.74) is 0.391. The Morgan fingerprint density at radius 2 is 2.29 bits per heavy atom. The first kappa shape index (κ1) is 10.4. The molecule has 0 radical (unpaired) electrons. The van der Waals surface area contributed by atoms with Gasteiger partial charge in [-0.25, -0.2) is 0 Å². The molecule has 0 aliphatic carbocycles. The highest BCUT2D eigenvalue weighted by molar-refractivity contribution is 5.46. The van der Waals surface area contributed by atoms with Crippen LogP contribution in [0.4, 0.5) is 0 Å². The second-order valence-corrected chi connectivity index (χ2v) is 2.82. The zero-order chi connectivity index (χ0) is 10.6. The highest BCUT2D eigenvalue weighted by Crippen LogP contribution is 2.34. The molecule has 0 saturated carbocycles. The van der Waals surface area contributed by atoms with Gasteiger partial charge in [-0.1, -0.05) is 12.1 Å². The SMILES string of the molecule is C#CCC(O)c1cccc(OC)c1O. The molecule has 1 aromatic carbocycles. The van der Waals surface area contributed by atoms with Crippen LogP contribution in [-0.2, 0) is 0 Å². The van der Waals surface area contributed by atoms with Crippen molar-refractivity contribution in [1.82, 2.24) is 0 Å². The Balaban J connectivity index is 3.04. The Labute approximate surface area is 83.0 Å². The second-order valence-electron chi connectivity index (χ2n) is 2.82. The van der Waals surface area contributed by atoms with E-state index in [1.165, 1.54) is 7.11 Å². The molecule has 0 aliphatic rings. The minimum atomic E-state index is -0.852. The molecular weight excluding hydrogens is 180 g/mol. The van der Waals surface area contributed by atoms with Crippen molar-refractivity contribution in [2.75, 3.05) is 7.11 Å². The van der Waals surface area contributed by atoms with E-state index < -0.39 is 6.10 Å². The number of hydrogen-bond donors (Lipinski definition) is 2. The van der Waals surface area contributed by atoms with Crippen molar-refractivity contribution in [1.29, 1.82) is 0 Å². The van der Waals surface area contributed by atoms with Crippen LogP contribution in [0.3, 0.4) is 0 Å². The average molecular weight is 192 g/mol. The van der Waals surface area contributed by atoms with Crippen molar-refractivity contribution < 1.29 is 14.9 Å². The molecule has 1 aromatic rings. The summed E-state index contributed by atoms with van der Waals surface area (Å²) in [6.07, 6.45) is 4.38. The van der Waals surface area contributed by atoms with Crippen LogP contribution in [0.15, 0.2) is 18.2 Å². The Kier molecular flexibility index (Phi) is 3.38. The smallest absolute Gasteiger partial charge is 0.163 e. The third-order valence-electron chi connectivity index (χ3n) is 1.92. The molecule has 0 saturated heterocycles. The van der Waals surface area contributed by atoms with Gasteiger partial charge >= 0.3 is 0 Å². The topological polar surface area (TPSA) is 49.7 Å². The van der Waals surface area contributed by atoms with E-state index in [-0.39, 0.29) is 12.2 Å². The lowest BCUT2D eigenvalue weighted by molar-refractivity contribution is 0.179. The number of benzene rings is 1. The number of hydrogen-bond acceptors (Lipinski definition) is 3. The summed E-state index contributed by atoms with van der Waals surface area (Å²) in [7, 11) is 1.45. The fourth-order valence-electron chi connectivity index (χ4n) is 1.19. The molecule has 1 rings (SSSR count). The third-order valence-corrected chi connectivity index (χ3v) is 1.92. The van der Waals surface area contributed by atoms with Gasteiger partial charge in [0.25, 0.3) is 0 Å². The number of para-hydroxylation sites is 1. The summed E-state index contributed by atoms with van der Waals surface area (Å²) >= 11 is 0. The lowest BCUT2D eigenvalue weighted by atomic mass is 10.1. The van der Waals surface area contributed by atoms with Crippen LogP contribution < -0.4 is 4.74 Å². The van der Waals surface area contributed by atoms with E-state index in [1.54, 1.807) is 18.2 Å². The largest absolute Gasteiger partial charge is 0.504 e. The number of methoxy groups -OCH3 is 1. The molecule has 3 heteroatoms. The van der Waals surface area contributed by atoms with Crippen molar-refractivity contribution in [3.8, 4) is 23.8 Å². The summed E-state index contributed by atoms with van der Waals surface area (Å²) in [4.78, 5) is 0. The predicted octanol–water partition coefficient (Wildman–Crippen LogP) is 1.46. The minimum Gasteiger partial charge on any atom is -0.504 e. The van der Waals surface area contributed by atoms with Gasteiger partial charge in [0.15, 0.2) is 11.5 Å². The molecular formula is C11H12O3. The zero-order valence-corrected chi connectivity index (χ0v) is 7.90.